The Morgan fingerprint density at radius 2 is 1.77 bits per heavy atom. The second-order valence-corrected chi connectivity index (χ2v) is 7.22. The van der Waals surface area contributed by atoms with E-state index < -0.39 is 5.92 Å². The molecular weight excluding hydrogens is 324 g/mol. The first kappa shape index (κ1) is 18.1. The minimum atomic E-state index is -0.788. The van der Waals surface area contributed by atoms with Crippen molar-refractivity contribution in [1.82, 2.24) is 0 Å². The first-order valence-electron chi connectivity index (χ1n) is 9.00. The number of hydrazone groups is 1. The Morgan fingerprint density at radius 3 is 2.46 bits per heavy atom. The van der Waals surface area contributed by atoms with Crippen LogP contribution in [0.1, 0.15) is 31.9 Å². The molecule has 1 aliphatic heterocycles. The molecule has 2 aromatic carbocycles. The van der Waals surface area contributed by atoms with Crippen molar-refractivity contribution in [2.24, 2.45) is 16.9 Å². The van der Waals surface area contributed by atoms with Crippen LogP contribution in [0.5, 0.6) is 0 Å². The summed E-state index contributed by atoms with van der Waals surface area (Å²) in [6, 6.07) is 17.3. The van der Waals surface area contributed by atoms with Crippen molar-refractivity contribution in [2.45, 2.75) is 33.6 Å². The minimum Gasteiger partial charge on any atom is -0.298 e. The molecule has 0 saturated heterocycles. The van der Waals surface area contributed by atoms with Gasteiger partial charge in [-0.1, -0.05) is 56.3 Å². The predicted molar refractivity (Wildman–Crippen MR) is 104 cm³/mol. The fourth-order valence-corrected chi connectivity index (χ4v) is 3.33. The first-order chi connectivity index (χ1) is 12.5. The highest BCUT2D eigenvalue weighted by molar-refractivity contribution is 6.27. The molecule has 0 bridgehead atoms. The normalized spacial score (nSPS) is 16.9. The third kappa shape index (κ3) is 3.90. The van der Waals surface area contributed by atoms with Gasteiger partial charge in [-0.05, 0) is 42.5 Å². The molecule has 134 valence electrons. The van der Waals surface area contributed by atoms with Crippen LogP contribution in [0.25, 0.3) is 0 Å². The summed E-state index contributed by atoms with van der Waals surface area (Å²) in [5, 5.41) is 5.66. The van der Waals surface area contributed by atoms with E-state index in [1.54, 1.807) is 6.92 Å². The van der Waals surface area contributed by atoms with Crippen LogP contribution in [0.15, 0.2) is 59.7 Å². The standard InChI is InChI=1S/C22H24N2O2/c1-15(2)12-17-8-7-9-18(13-17)14-20(25)21-16(3)23-24(22(21)26)19-10-5-4-6-11-19/h4-11,13,15,21H,12,14H2,1-3H3. The van der Waals surface area contributed by atoms with Crippen LogP contribution in [0.3, 0.4) is 0 Å². The van der Waals surface area contributed by atoms with Gasteiger partial charge in [-0.3, -0.25) is 9.59 Å². The first-order valence-corrected chi connectivity index (χ1v) is 9.00. The van der Waals surface area contributed by atoms with Crippen molar-refractivity contribution in [3.05, 3.63) is 65.7 Å². The molecule has 1 aliphatic rings. The van der Waals surface area contributed by atoms with Gasteiger partial charge in [-0.25, -0.2) is 0 Å². The molecule has 1 heterocycles. The quantitative estimate of drug-likeness (QED) is 0.740. The van der Waals surface area contributed by atoms with E-state index in [0.717, 1.165) is 12.0 Å². The molecule has 3 rings (SSSR count). The highest BCUT2D eigenvalue weighted by atomic mass is 16.2. The molecule has 0 aliphatic carbocycles. The van der Waals surface area contributed by atoms with Gasteiger partial charge in [0.05, 0.1) is 11.4 Å². The van der Waals surface area contributed by atoms with Crippen molar-refractivity contribution in [3.63, 3.8) is 0 Å². The summed E-state index contributed by atoms with van der Waals surface area (Å²) in [5.74, 6) is -0.594. The highest BCUT2D eigenvalue weighted by Gasteiger charge is 2.39. The number of nitrogens with zero attached hydrogens (tertiary/aromatic N) is 2. The average molecular weight is 348 g/mol. The molecule has 0 N–H and O–H groups in total. The Balaban J connectivity index is 1.74. The monoisotopic (exact) mass is 348 g/mol. The van der Waals surface area contributed by atoms with Gasteiger partial charge >= 0.3 is 0 Å². The molecule has 0 fully saturated rings. The zero-order chi connectivity index (χ0) is 18.7. The molecular formula is C22H24N2O2. The van der Waals surface area contributed by atoms with Crippen molar-refractivity contribution >= 4 is 23.1 Å². The van der Waals surface area contributed by atoms with Crippen molar-refractivity contribution in [2.75, 3.05) is 5.01 Å². The maximum Gasteiger partial charge on any atom is 0.263 e. The maximum absolute atomic E-state index is 12.8. The molecule has 4 nitrogen and oxygen atoms in total. The number of amides is 1. The molecule has 0 aromatic heterocycles. The number of benzene rings is 2. The van der Waals surface area contributed by atoms with Crippen molar-refractivity contribution < 1.29 is 9.59 Å². The lowest BCUT2D eigenvalue weighted by molar-refractivity contribution is -0.128. The number of rotatable bonds is 6. The van der Waals surface area contributed by atoms with E-state index in [4.69, 9.17) is 0 Å². The minimum absolute atomic E-state index is 0.101. The number of carbonyl (C=O) groups excluding carboxylic acids is 2. The Morgan fingerprint density at radius 1 is 1.08 bits per heavy atom. The number of anilines is 1. The molecule has 1 atom stereocenters. The number of hydrogen-bond acceptors (Lipinski definition) is 3. The molecule has 0 saturated carbocycles. The van der Waals surface area contributed by atoms with E-state index in [0.29, 0.717) is 17.3 Å². The van der Waals surface area contributed by atoms with E-state index >= 15 is 0 Å². The Bertz CT molecular complexity index is 840. The Hall–Kier alpha value is -2.75. The van der Waals surface area contributed by atoms with Crippen LogP contribution in [0, 0.1) is 11.8 Å². The third-order valence-electron chi connectivity index (χ3n) is 4.47. The lowest BCUT2D eigenvalue weighted by Gasteiger charge is -2.14. The fourth-order valence-electron chi connectivity index (χ4n) is 3.33. The second-order valence-electron chi connectivity index (χ2n) is 7.22. The number of carbonyl (C=O) groups is 2. The smallest absolute Gasteiger partial charge is 0.263 e. The van der Waals surface area contributed by atoms with Crippen LogP contribution in [0.2, 0.25) is 0 Å². The summed E-state index contributed by atoms with van der Waals surface area (Å²) in [7, 11) is 0. The SMILES string of the molecule is CC1=NN(c2ccccc2)C(=O)C1C(=O)Cc1cccc(CC(C)C)c1. The zero-order valence-corrected chi connectivity index (χ0v) is 15.5. The van der Waals surface area contributed by atoms with Gasteiger partial charge in [-0.2, -0.15) is 10.1 Å². The van der Waals surface area contributed by atoms with E-state index in [9.17, 15) is 9.59 Å². The lowest BCUT2D eigenvalue weighted by Crippen LogP contribution is -2.33. The largest absolute Gasteiger partial charge is 0.298 e. The summed E-state index contributed by atoms with van der Waals surface area (Å²) in [4.78, 5) is 25.6. The van der Waals surface area contributed by atoms with Crippen LogP contribution < -0.4 is 5.01 Å². The van der Waals surface area contributed by atoms with E-state index in [-0.39, 0.29) is 18.1 Å². The van der Waals surface area contributed by atoms with Crippen LogP contribution in [0.4, 0.5) is 5.69 Å². The van der Waals surface area contributed by atoms with Crippen LogP contribution >= 0.6 is 0 Å². The summed E-state index contributed by atoms with van der Waals surface area (Å²) in [6.07, 6.45) is 1.23. The Labute approximate surface area is 154 Å². The maximum atomic E-state index is 12.8. The van der Waals surface area contributed by atoms with E-state index in [1.807, 2.05) is 42.5 Å². The van der Waals surface area contributed by atoms with Crippen LogP contribution in [-0.2, 0) is 22.4 Å². The van der Waals surface area contributed by atoms with Gasteiger partial charge in [0.15, 0.2) is 5.78 Å². The van der Waals surface area contributed by atoms with E-state index in [1.165, 1.54) is 10.6 Å². The molecule has 2 aromatic rings. The highest BCUT2D eigenvalue weighted by Crippen LogP contribution is 2.25. The van der Waals surface area contributed by atoms with Gasteiger partial charge < -0.3 is 0 Å². The third-order valence-corrected chi connectivity index (χ3v) is 4.47. The predicted octanol–water partition coefficient (Wildman–Crippen LogP) is 4.04. The van der Waals surface area contributed by atoms with Gasteiger partial charge in [-0.15, -0.1) is 0 Å². The van der Waals surface area contributed by atoms with Gasteiger partial charge in [0.1, 0.15) is 5.92 Å². The molecule has 0 radical (unpaired) electrons. The summed E-state index contributed by atoms with van der Waals surface area (Å²) in [6.45, 7) is 6.10. The van der Waals surface area contributed by atoms with Crippen molar-refractivity contribution in [3.8, 4) is 0 Å². The molecule has 4 heteroatoms. The molecule has 0 spiro atoms. The van der Waals surface area contributed by atoms with Gasteiger partial charge in [0, 0.05) is 6.42 Å². The zero-order valence-electron chi connectivity index (χ0n) is 15.5. The number of para-hydroxylation sites is 1. The average Bonchev–Trinajstić information content (AvgIpc) is 2.90. The molecule has 26 heavy (non-hydrogen) atoms. The van der Waals surface area contributed by atoms with Crippen LogP contribution in [-0.4, -0.2) is 17.4 Å². The summed E-state index contributed by atoms with van der Waals surface area (Å²) < 4.78 is 0. The summed E-state index contributed by atoms with van der Waals surface area (Å²) in [5.41, 5.74) is 3.42. The second kappa shape index (κ2) is 7.65. The fraction of sp³-hybridized carbons (Fsp3) is 0.318. The summed E-state index contributed by atoms with van der Waals surface area (Å²) >= 11 is 0. The van der Waals surface area contributed by atoms with Gasteiger partial charge in [0.25, 0.3) is 5.91 Å². The number of hydrogen-bond donors (Lipinski definition) is 0. The van der Waals surface area contributed by atoms with E-state index in [2.05, 4.69) is 31.1 Å². The molecule has 1 unspecified atom stereocenters. The Kier molecular flexibility index (Phi) is 5.31. The number of ketones is 1. The lowest BCUT2D eigenvalue weighted by atomic mass is 9.92. The van der Waals surface area contributed by atoms with Crippen molar-refractivity contribution in [1.29, 1.82) is 0 Å². The number of Topliss-reactive ketones (excluding diaryl/α,β-unsaturated/α-hetero) is 1. The van der Waals surface area contributed by atoms with Gasteiger partial charge in [0.2, 0.25) is 0 Å². The molecule has 1 amide bonds. The topological polar surface area (TPSA) is 49.7 Å².